The number of amides is 2. The van der Waals surface area contributed by atoms with Crippen LogP contribution in [0.15, 0.2) is 90.0 Å². The summed E-state index contributed by atoms with van der Waals surface area (Å²) in [5.41, 5.74) is 3.62. The summed E-state index contributed by atoms with van der Waals surface area (Å²) < 4.78 is 5.13. The molecule has 1 atom stereocenters. The fourth-order valence-corrected chi connectivity index (χ4v) is 5.66. The lowest BCUT2D eigenvalue weighted by Crippen LogP contribution is -2.31. The largest absolute Gasteiger partial charge is 0.454 e. The van der Waals surface area contributed by atoms with Crippen LogP contribution in [0.25, 0.3) is 11.3 Å². The van der Waals surface area contributed by atoms with E-state index in [2.05, 4.69) is 11.1 Å². The maximum Gasteiger partial charge on any atom is 0.338 e. The Labute approximate surface area is 250 Å². The fraction of sp³-hybridized carbons (Fsp3) is 0.125. The van der Waals surface area contributed by atoms with Crippen LogP contribution in [-0.4, -0.2) is 40.4 Å². The van der Waals surface area contributed by atoms with Gasteiger partial charge in [0.1, 0.15) is 11.1 Å². The molecule has 4 aromatic rings. The first-order chi connectivity index (χ1) is 20.2. The molecule has 0 aliphatic carbocycles. The van der Waals surface area contributed by atoms with Gasteiger partial charge in [0, 0.05) is 17.5 Å². The predicted octanol–water partition coefficient (Wildman–Crippen LogP) is 6.05. The van der Waals surface area contributed by atoms with Crippen LogP contribution in [-0.2, 0) is 14.3 Å². The normalized spacial score (nSPS) is 14.5. The molecule has 1 saturated heterocycles. The summed E-state index contributed by atoms with van der Waals surface area (Å²) in [4.78, 5) is 56.7. The lowest BCUT2D eigenvalue weighted by Gasteiger charge is -2.15. The van der Waals surface area contributed by atoms with Gasteiger partial charge in [-0.2, -0.15) is 5.26 Å². The molecule has 0 bridgehead atoms. The van der Waals surface area contributed by atoms with Gasteiger partial charge in [-0.1, -0.05) is 65.3 Å². The van der Waals surface area contributed by atoms with Crippen LogP contribution in [0.2, 0.25) is 5.02 Å². The second-order valence-corrected chi connectivity index (χ2v) is 11.0. The molecule has 3 aromatic carbocycles. The Balaban J connectivity index is 1.26. The number of nitrogens with zero attached hydrogens (tertiary/aromatic N) is 3. The number of esters is 1. The molecular weight excluding hydrogens is 574 g/mol. The number of thioether (sulfide) groups is 1. The SMILES string of the molecule is Cc1ccc(-c2ccc(C#N)c(SC3CC(=O)N(c4ccc(C(=O)OCC(=O)c5ccccc5Cl)cc4)C3=O)n2)cc1. The Morgan fingerprint density at radius 3 is 2.43 bits per heavy atom. The zero-order valence-corrected chi connectivity index (χ0v) is 23.8. The van der Waals surface area contributed by atoms with Crippen molar-refractivity contribution < 1.29 is 23.9 Å². The second kappa shape index (κ2) is 12.4. The Kier molecular flexibility index (Phi) is 8.48. The predicted molar refractivity (Wildman–Crippen MR) is 158 cm³/mol. The monoisotopic (exact) mass is 595 g/mol. The lowest BCUT2D eigenvalue weighted by molar-refractivity contribution is -0.121. The van der Waals surface area contributed by atoms with Crippen LogP contribution < -0.4 is 4.90 Å². The number of ketones is 1. The minimum atomic E-state index is -0.772. The molecule has 1 aliphatic rings. The van der Waals surface area contributed by atoms with Gasteiger partial charge in [-0.15, -0.1) is 0 Å². The highest BCUT2D eigenvalue weighted by atomic mass is 35.5. The number of hydrogen-bond donors (Lipinski definition) is 0. The summed E-state index contributed by atoms with van der Waals surface area (Å²) in [7, 11) is 0. The van der Waals surface area contributed by atoms with Crippen LogP contribution in [0.5, 0.6) is 0 Å². The maximum atomic E-state index is 13.3. The summed E-state index contributed by atoms with van der Waals surface area (Å²) in [5, 5.41) is 9.48. The van der Waals surface area contributed by atoms with Crippen molar-refractivity contribution in [3.05, 3.63) is 112 Å². The number of aromatic nitrogens is 1. The van der Waals surface area contributed by atoms with Crippen LogP contribution in [0.1, 0.15) is 38.3 Å². The zero-order valence-electron chi connectivity index (χ0n) is 22.2. The summed E-state index contributed by atoms with van der Waals surface area (Å²) in [6.07, 6.45) is -0.0707. The van der Waals surface area contributed by atoms with E-state index in [0.717, 1.165) is 27.8 Å². The number of nitriles is 1. The molecule has 2 amide bonds. The highest BCUT2D eigenvalue weighted by Crippen LogP contribution is 2.35. The van der Waals surface area contributed by atoms with Crippen molar-refractivity contribution in [2.75, 3.05) is 11.5 Å². The van der Waals surface area contributed by atoms with Crippen LogP contribution in [0.3, 0.4) is 0 Å². The number of anilines is 1. The molecule has 1 aromatic heterocycles. The van der Waals surface area contributed by atoms with E-state index in [0.29, 0.717) is 22.0 Å². The number of carbonyl (C=O) groups excluding carboxylic acids is 4. The molecule has 0 spiro atoms. The number of halogens is 1. The topological polar surface area (TPSA) is 117 Å². The number of Topliss-reactive ketones (excluding diaryl/α,β-unsaturated/α-hetero) is 1. The average molecular weight is 596 g/mol. The summed E-state index contributed by atoms with van der Waals surface area (Å²) in [6, 6.07) is 25.5. The van der Waals surface area contributed by atoms with Crippen molar-refractivity contribution in [1.29, 1.82) is 5.26 Å². The summed E-state index contributed by atoms with van der Waals surface area (Å²) >= 11 is 7.10. The van der Waals surface area contributed by atoms with Gasteiger partial charge < -0.3 is 4.74 Å². The zero-order chi connectivity index (χ0) is 29.8. The van der Waals surface area contributed by atoms with E-state index >= 15 is 0 Å². The van der Waals surface area contributed by atoms with Gasteiger partial charge in [0.15, 0.2) is 6.61 Å². The molecule has 1 unspecified atom stereocenters. The minimum absolute atomic E-state index is 0.0707. The quantitative estimate of drug-likeness (QED) is 0.137. The molecule has 2 heterocycles. The molecule has 0 saturated carbocycles. The smallest absolute Gasteiger partial charge is 0.338 e. The highest BCUT2D eigenvalue weighted by Gasteiger charge is 2.41. The van der Waals surface area contributed by atoms with Crippen molar-refractivity contribution in [3.63, 3.8) is 0 Å². The Morgan fingerprint density at radius 1 is 1.02 bits per heavy atom. The third kappa shape index (κ3) is 6.10. The van der Waals surface area contributed by atoms with Gasteiger partial charge in [-0.25, -0.2) is 14.7 Å². The van der Waals surface area contributed by atoms with E-state index in [1.807, 2.05) is 31.2 Å². The number of hydrogen-bond acceptors (Lipinski definition) is 8. The third-order valence-electron chi connectivity index (χ3n) is 6.56. The number of rotatable bonds is 8. The van der Waals surface area contributed by atoms with Gasteiger partial charge in [0.2, 0.25) is 17.6 Å². The number of aryl methyl sites for hydroxylation is 1. The van der Waals surface area contributed by atoms with Crippen molar-refractivity contribution in [2.45, 2.75) is 23.6 Å². The van der Waals surface area contributed by atoms with E-state index in [1.165, 1.54) is 24.3 Å². The Morgan fingerprint density at radius 2 is 1.74 bits per heavy atom. The molecule has 1 aliphatic heterocycles. The maximum absolute atomic E-state index is 13.3. The van der Waals surface area contributed by atoms with Crippen molar-refractivity contribution in [3.8, 4) is 17.3 Å². The second-order valence-electron chi connectivity index (χ2n) is 9.43. The molecule has 1 fully saturated rings. The number of benzene rings is 3. The summed E-state index contributed by atoms with van der Waals surface area (Å²) in [5.74, 6) is -2.04. The molecule has 5 rings (SSSR count). The van der Waals surface area contributed by atoms with Gasteiger partial charge >= 0.3 is 5.97 Å². The molecule has 10 heteroatoms. The van der Waals surface area contributed by atoms with Crippen molar-refractivity contribution in [2.24, 2.45) is 0 Å². The van der Waals surface area contributed by atoms with Crippen LogP contribution in [0.4, 0.5) is 5.69 Å². The number of ether oxygens (including phenoxy) is 1. The van der Waals surface area contributed by atoms with Crippen molar-refractivity contribution >= 4 is 52.6 Å². The van der Waals surface area contributed by atoms with Gasteiger partial charge in [-0.05, 0) is 55.5 Å². The van der Waals surface area contributed by atoms with Crippen LogP contribution >= 0.6 is 23.4 Å². The van der Waals surface area contributed by atoms with Gasteiger partial charge in [0.05, 0.1) is 32.8 Å². The van der Waals surface area contributed by atoms with E-state index in [-0.39, 0.29) is 22.6 Å². The highest BCUT2D eigenvalue weighted by molar-refractivity contribution is 8.00. The van der Waals surface area contributed by atoms with E-state index in [9.17, 15) is 24.4 Å². The molecule has 0 radical (unpaired) electrons. The van der Waals surface area contributed by atoms with E-state index in [4.69, 9.17) is 16.3 Å². The average Bonchev–Trinajstić information content (AvgIpc) is 3.28. The molecule has 0 N–H and O–H groups in total. The molecule has 8 nitrogen and oxygen atoms in total. The number of imide groups is 1. The Hall–Kier alpha value is -4.78. The third-order valence-corrected chi connectivity index (χ3v) is 8.07. The lowest BCUT2D eigenvalue weighted by atomic mass is 10.1. The fourth-order valence-electron chi connectivity index (χ4n) is 4.33. The minimum Gasteiger partial charge on any atom is -0.454 e. The van der Waals surface area contributed by atoms with Gasteiger partial charge in [-0.3, -0.25) is 14.4 Å². The standard InChI is InChI=1S/C32H22ClN3O5S/c1-19-6-8-20(9-7-19)26-15-12-22(17-34)30(35-26)42-28-16-29(38)36(31(28)39)23-13-10-21(11-14-23)32(40)41-18-27(37)24-4-2-3-5-25(24)33/h2-15,28H,16,18H2,1H3. The summed E-state index contributed by atoms with van der Waals surface area (Å²) in [6.45, 7) is 1.49. The molecular formula is C32H22ClN3O5S. The molecule has 208 valence electrons. The number of carbonyl (C=O) groups is 4. The first-order valence-corrected chi connectivity index (χ1v) is 14.1. The van der Waals surface area contributed by atoms with E-state index in [1.54, 1.807) is 36.4 Å². The first-order valence-electron chi connectivity index (χ1n) is 12.8. The van der Waals surface area contributed by atoms with Crippen LogP contribution in [0, 0.1) is 18.3 Å². The Bertz CT molecular complexity index is 1750. The number of pyridine rings is 1. The van der Waals surface area contributed by atoms with Gasteiger partial charge in [0.25, 0.3) is 0 Å². The van der Waals surface area contributed by atoms with E-state index < -0.39 is 35.4 Å². The first kappa shape index (κ1) is 28.7. The molecule has 42 heavy (non-hydrogen) atoms. The van der Waals surface area contributed by atoms with Crippen molar-refractivity contribution in [1.82, 2.24) is 4.98 Å².